The maximum atomic E-state index is 6.59. The van der Waals surface area contributed by atoms with Gasteiger partial charge in [-0.15, -0.1) is 0 Å². The van der Waals surface area contributed by atoms with E-state index in [1.54, 1.807) is 0 Å². The molecule has 1 heterocycles. The van der Waals surface area contributed by atoms with Gasteiger partial charge in [-0.25, -0.2) is 0 Å². The van der Waals surface area contributed by atoms with E-state index in [0.29, 0.717) is 26.4 Å². The summed E-state index contributed by atoms with van der Waals surface area (Å²) in [7, 11) is 0. The lowest BCUT2D eigenvalue weighted by atomic mass is 9.99. The van der Waals surface area contributed by atoms with Crippen LogP contribution >= 0.6 is 11.6 Å². The molecule has 5 nitrogen and oxygen atoms in total. The van der Waals surface area contributed by atoms with Crippen molar-refractivity contribution in [3.63, 3.8) is 0 Å². The maximum absolute atomic E-state index is 6.59. The van der Waals surface area contributed by atoms with Crippen molar-refractivity contribution in [2.45, 2.75) is 109 Å². The highest BCUT2D eigenvalue weighted by Gasteiger charge is 2.47. The fourth-order valence-corrected chi connectivity index (χ4v) is 3.45. The van der Waals surface area contributed by atoms with Gasteiger partial charge < -0.3 is 23.7 Å². The van der Waals surface area contributed by atoms with Crippen LogP contribution < -0.4 is 0 Å². The fraction of sp³-hybridized carbons (Fsp3) is 1.00. The van der Waals surface area contributed by atoms with Crippen LogP contribution in [0.25, 0.3) is 0 Å². The van der Waals surface area contributed by atoms with Crippen molar-refractivity contribution in [2.24, 2.45) is 0 Å². The topological polar surface area (TPSA) is 46.2 Å². The van der Waals surface area contributed by atoms with Crippen molar-refractivity contribution in [3.8, 4) is 0 Å². The summed E-state index contributed by atoms with van der Waals surface area (Å²) in [4.78, 5) is 0. The normalized spacial score (nSPS) is 28.0. The molecule has 6 heteroatoms. The largest absolute Gasteiger partial charge is 0.379 e. The Kier molecular flexibility index (Phi) is 15.7. The van der Waals surface area contributed by atoms with E-state index in [-0.39, 0.29) is 24.4 Å². The molecule has 5 unspecified atom stereocenters. The average Bonchev–Trinajstić information content (AvgIpc) is 2.69. The summed E-state index contributed by atoms with van der Waals surface area (Å²) in [6.45, 7) is 11.8. The van der Waals surface area contributed by atoms with Crippen molar-refractivity contribution in [1.82, 2.24) is 0 Å². The number of hydrogen-bond donors (Lipinski definition) is 0. The van der Waals surface area contributed by atoms with Crippen molar-refractivity contribution in [3.05, 3.63) is 0 Å². The van der Waals surface area contributed by atoms with Crippen molar-refractivity contribution in [2.75, 3.05) is 33.0 Å². The van der Waals surface area contributed by atoms with Gasteiger partial charge in [0.15, 0.2) is 5.56 Å². The zero-order valence-electron chi connectivity index (χ0n) is 18.5. The van der Waals surface area contributed by atoms with Gasteiger partial charge in [-0.05, 0) is 25.7 Å². The molecule has 0 aromatic carbocycles. The van der Waals surface area contributed by atoms with Crippen molar-refractivity contribution >= 4 is 11.6 Å². The summed E-state index contributed by atoms with van der Waals surface area (Å²) in [5.41, 5.74) is -0.561. The molecule has 5 atom stereocenters. The minimum atomic E-state index is -0.561. The molecule has 0 aromatic heterocycles. The number of ether oxygens (including phenoxy) is 5. The van der Waals surface area contributed by atoms with Crippen LogP contribution in [-0.2, 0) is 23.7 Å². The lowest BCUT2D eigenvalue weighted by molar-refractivity contribution is -0.249. The summed E-state index contributed by atoms with van der Waals surface area (Å²) in [5, 5.41) is 0. The van der Waals surface area contributed by atoms with Crippen LogP contribution in [0.2, 0.25) is 0 Å². The molecular weight excluding hydrogens is 380 g/mol. The van der Waals surface area contributed by atoms with Crippen LogP contribution in [0.15, 0.2) is 0 Å². The molecule has 28 heavy (non-hydrogen) atoms. The minimum absolute atomic E-state index is 0.230. The van der Waals surface area contributed by atoms with E-state index in [9.17, 15) is 0 Å². The van der Waals surface area contributed by atoms with Gasteiger partial charge in [0.1, 0.15) is 24.4 Å². The lowest BCUT2D eigenvalue weighted by Gasteiger charge is -2.44. The first-order valence-corrected chi connectivity index (χ1v) is 11.8. The molecule has 0 amide bonds. The minimum Gasteiger partial charge on any atom is -0.379 e. The first-order valence-electron chi connectivity index (χ1n) is 11.4. The fourth-order valence-electron chi connectivity index (χ4n) is 3.10. The summed E-state index contributed by atoms with van der Waals surface area (Å²) < 4.78 is 30.6. The van der Waals surface area contributed by atoms with Crippen LogP contribution in [0, 0.1) is 0 Å². The van der Waals surface area contributed by atoms with Crippen LogP contribution in [0.1, 0.15) is 79.1 Å². The molecule has 0 aromatic rings. The number of halogens is 1. The van der Waals surface area contributed by atoms with Crippen molar-refractivity contribution < 1.29 is 23.7 Å². The second-order valence-corrected chi connectivity index (χ2v) is 7.95. The Morgan fingerprint density at radius 3 is 1.64 bits per heavy atom. The predicted molar refractivity (Wildman–Crippen MR) is 114 cm³/mol. The Morgan fingerprint density at radius 2 is 1.11 bits per heavy atom. The van der Waals surface area contributed by atoms with Gasteiger partial charge in [-0.1, -0.05) is 65.0 Å². The molecule has 1 saturated heterocycles. The third-order valence-corrected chi connectivity index (χ3v) is 5.28. The van der Waals surface area contributed by atoms with Gasteiger partial charge >= 0.3 is 0 Å². The third kappa shape index (κ3) is 9.73. The molecule has 1 fully saturated rings. The second-order valence-electron chi connectivity index (χ2n) is 7.52. The highest BCUT2D eigenvalue weighted by Crippen LogP contribution is 2.31. The molecule has 0 aliphatic carbocycles. The van der Waals surface area contributed by atoms with E-state index in [2.05, 4.69) is 27.7 Å². The summed E-state index contributed by atoms with van der Waals surface area (Å²) >= 11 is 6.59. The Balaban J connectivity index is 2.84. The highest BCUT2D eigenvalue weighted by atomic mass is 35.5. The monoisotopic (exact) mass is 422 g/mol. The second kappa shape index (κ2) is 16.8. The van der Waals surface area contributed by atoms with Crippen molar-refractivity contribution in [1.29, 1.82) is 0 Å². The van der Waals surface area contributed by atoms with Gasteiger partial charge in [-0.2, -0.15) is 0 Å². The highest BCUT2D eigenvalue weighted by molar-refractivity contribution is 6.20. The number of hydrogen-bond acceptors (Lipinski definition) is 5. The number of rotatable bonds is 17. The Morgan fingerprint density at radius 1 is 0.643 bits per heavy atom. The summed E-state index contributed by atoms with van der Waals surface area (Å²) in [6, 6.07) is 0. The molecule has 0 saturated carbocycles. The van der Waals surface area contributed by atoms with Gasteiger partial charge in [0, 0.05) is 26.4 Å². The van der Waals surface area contributed by atoms with Gasteiger partial charge in [0.25, 0.3) is 0 Å². The quantitative estimate of drug-likeness (QED) is 0.234. The average molecular weight is 423 g/mol. The maximum Gasteiger partial charge on any atom is 0.160 e. The Bertz CT molecular complexity index is 358. The number of unbranched alkanes of at least 4 members (excludes halogenated alkanes) is 4. The Labute approximate surface area is 177 Å². The van der Waals surface area contributed by atoms with Crippen LogP contribution in [0.5, 0.6) is 0 Å². The first-order chi connectivity index (χ1) is 13.7. The summed E-state index contributed by atoms with van der Waals surface area (Å²) in [6.07, 6.45) is 7.35. The van der Waals surface area contributed by atoms with E-state index in [1.165, 1.54) is 0 Å². The van der Waals surface area contributed by atoms with Crippen LogP contribution in [0.4, 0.5) is 0 Å². The summed E-state index contributed by atoms with van der Waals surface area (Å²) in [5.74, 6) is 0. The van der Waals surface area contributed by atoms with Gasteiger partial charge in [0.05, 0.1) is 6.61 Å². The van der Waals surface area contributed by atoms with E-state index in [0.717, 1.165) is 58.0 Å². The molecule has 1 aliphatic rings. The molecule has 168 valence electrons. The lowest BCUT2D eigenvalue weighted by Crippen LogP contribution is -2.60. The smallest absolute Gasteiger partial charge is 0.160 e. The molecule has 1 rings (SSSR count). The zero-order valence-corrected chi connectivity index (χ0v) is 19.3. The molecule has 0 N–H and O–H groups in total. The van der Waals surface area contributed by atoms with E-state index in [4.69, 9.17) is 35.3 Å². The standard InChI is InChI=1S/C22H43ClO5/c1-5-9-13-24-17-18-19(25-14-10-6-2)20(26-15-11-7-3)21(22(23)28-18)27-16-12-8-4/h18-22H,5-17H2,1-4H3. The third-order valence-electron chi connectivity index (χ3n) is 4.93. The molecule has 0 spiro atoms. The molecule has 1 aliphatic heterocycles. The first kappa shape index (κ1) is 26.1. The SMILES string of the molecule is CCCCOCC1OC(Cl)C(OCCCC)C(OCCCC)C1OCCCC. The molecule has 0 radical (unpaired) electrons. The van der Waals surface area contributed by atoms with Crippen LogP contribution in [-0.4, -0.2) is 63.0 Å². The van der Waals surface area contributed by atoms with E-state index >= 15 is 0 Å². The van der Waals surface area contributed by atoms with Gasteiger partial charge in [0.2, 0.25) is 0 Å². The van der Waals surface area contributed by atoms with Gasteiger partial charge in [-0.3, -0.25) is 0 Å². The van der Waals surface area contributed by atoms with Crippen LogP contribution in [0.3, 0.4) is 0 Å². The molecular formula is C22H43ClO5. The number of alkyl halides is 1. The zero-order chi connectivity index (χ0) is 20.6. The molecule has 0 bridgehead atoms. The Hall–Kier alpha value is 0.0900. The van der Waals surface area contributed by atoms with E-state index in [1.807, 2.05) is 0 Å². The van der Waals surface area contributed by atoms with E-state index < -0.39 is 5.56 Å². The predicted octanol–water partition coefficient (Wildman–Crippen LogP) is 5.32.